The highest BCUT2D eigenvalue weighted by molar-refractivity contribution is 6.31. The van der Waals surface area contributed by atoms with Gasteiger partial charge in [0, 0.05) is 52.4 Å². The number of fused-ring (bicyclic) bond motifs is 1. The van der Waals surface area contributed by atoms with Gasteiger partial charge in [0.25, 0.3) is 0 Å². The number of nitrogens with one attached hydrogen (secondary N) is 1. The molecule has 0 unspecified atom stereocenters. The van der Waals surface area contributed by atoms with Gasteiger partial charge in [-0.25, -0.2) is 0 Å². The van der Waals surface area contributed by atoms with E-state index in [2.05, 4.69) is 10.4 Å². The van der Waals surface area contributed by atoms with Gasteiger partial charge in [-0.3, -0.25) is 9.48 Å². The Balaban J connectivity index is 1.40. The summed E-state index contributed by atoms with van der Waals surface area (Å²) in [7, 11) is 0. The van der Waals surface area contributed by atoms with Crippen molar-refractivity contribution in [1.29, 1.82) is 0 Å². The summed E-state index contributed by atoms with van der Waals surface area (Å²) < 4.78 is 13.4. The van der Waals surface area contributed by atoms with Crippen LogP contribution < -0.4 is 5.32 Å². The van der Waals surface area contributed by atoms with Gasteiger partial charge < -0.3 is 14.5 Å². The number of aromatic nitrogens is 2. The molecule has 1 saturated heterocycles. The second-order valence-corrected chi connectivity index (χ2v) is 8.60. The van der Waals surface area contributed by atoms with Gasteiger partial charge in [-0.05, 0) is 38.0 Å². The summed E-state index contributed by atoms with van der Waals surface area (Å²) in [6.45, 7) is 3.71. The quantitative estimate of drug-likeness (QED) is 0.426. The van der Waals surface area contributed by atoms with Crippen LogP contribution in [0.25, 0.3) is 22.3 Å². The number of benzene rings is 2. The summed E-state index contributed by atoms with van der Waals surface area (Å²) in [4.78, 5) is 12.6. The minimum atomic E-state index is -0.0266. The molecule has 0 bridgehead atoms. The van der Waals surface area contributed by atoms with E-state index in [1.165, 1.54) is 0 Å². The summed E-state index contributed by atoms with van der Waals surface area (Å²) in [5, 5.41) is 9.16. The fraction of sp³-hybridized carbons (Fsp3) is 0.280. The smallest absolute Gasteiger partial charge is 0.228 e. The average molecular weight is 450 g/mol. The van der Waals surface area contributed by atoms with E-state index in [-0.39, 0.29) is 11.8 Å². The molecule has 1 fully saturated rings. The minimum absolute atomic E-state index is 0.00151. The number of carbonyl (C=O) groups excluding carboxylic acids is 1. The fourth-order valence-corrected chi connectivity index (χ4v) is 4.38. The third-order valence-corrected chi connectivity index (χ3v) is 6.08. The predicted octanol–water partition coefficient (Wildman–Crippen LogP) is 5.67. The van der Waals surface area contributed by atoms with Crippen molar-refractivity contribution in [2.45, 2.75) is 26.3 Å². The van der Waals surface area contributed by atoms with Gasteiger partial charge >= 0.3 is 0 Å². The van der Waals surface area contributed by atoms with Crippen LogP contribution in [0.2, 0.25) is 5.02 Å². The van der Waals surface area contributed by atoms with Gasteiger partial charge in [-0.1, -0.05) is 41.9 Å². The first-order chi connectivity index (χ1) is 15.6. The number of rotatable bonds is 5. The number of aryl methyl sites for hydroxylation is 1. The van der Waals surface area contributed by atoms with E-state index in [9.17, 15) is 4.79 Å². The number of hydrogen-bond donors (Lipinski definition) is 1. The number of ether oxygens (including phenoxy) is 1. The maximum absolute atomic E-state index is 12.6. The molecule has 1 amide bonds. The zero-order chi connectivity index (χ0) is 22.1. The fourth-order valence-electron chi connectivity index (χ4n) is 4.13. The van der Waals surface area contributed by atoms with Crippen LogP contribution in [-0.4, -0.2) is 28.9 Å². The lowest BCUT2D eigenvalue weighted by Crippen LogP contribution is -2.28. The topological polar surface area (TPSA) is 69.3 Å². The maximum Gasteiger partial charge on any atom is 0.228 e. The lowest BCUT2D eigenvalue weighted by Gasteiger charge is -2.20. The Labute approximate surface area is 191 Å². The Morgan fingerprint density at radius 3 is 2.72 bits per heavy atom. The Kier molecular flexibility index (Phi) is 5.72. The molecule has 1 N–H and O–H groups in total. The molecule has 164 valence electrons. The number of anilines is 1. The summed E-state index contributed by atoms with van der Waals surface area (Å²) in [6, 6.07) is 17.7. The molecule has 2 aromatic carbocycles. The summed E-state index contributed by atoms with van der Waals surface area (Å²) >= 11 is 6.41. The molecule has 0 spiro atoms. The largest absolute Gasteiger partial charge is 0.456 e. The van der Waals surface area contributed by atoms with Crippen molar-refractivity contribution in [2.24, 2.45) is 5.92 Å². The summed E-state index contributed by atoms with van der Waals surface area (Å²) in [5.41, 5.74) is 3.67. The van der Waals surface area contributed by atoms with E-state index in [0.717, 1.165) is 46.4 Å². The molecular formula is C25H24ClN3O3. The zero-order valence-corrected chi connectivity index (χ0v) is 18.6. The second-order valence-electron chi connectivity index (χ2n) is 8.16. The Bertz CT molecular complexity index is 1260. The van der Waals surface area contributed by atoms with Crippen LogP contribution in [0.5, 0.6) is 0 Å². The summed E-state index contributed by atoms with van der Waals surface area (Å²) in [5.74, 6) is 1.33. The van der Waals surface area contributed by atoms with Crippen molar-refractivity contribution in [1.82, 2.24) is 9.78 Å². The third-order valence-electron chi connectivity index (χ3n) is 5.86. The van der Waals surface area contributed by atoms with E-state index >= 15 is 0 Å². The van der Waals surface area contributed by atoms with E-state index < -0.39 is 0 Å². The van der Waals surface area contributed by atoms with Gasteiger partial charge in [0.15, 0.2) is 5.82 Å². The first kappa shape index (κ1) is 20.8. The van der Waals surface area contributed by atoms with E-state index in [1.807, 2.05) is 66.2 Å². The molecule has 0 aliphatic carbocycles. The van der Waals surface area contributed by atoms with Crippen molar-refractivity contribution < 1.29 is 13.9 Å². The molecule has 0 saturated carbocycles. The average Bonchev–Trinajstić information content (AvgIpc) is 3.38. The molecular weight excluding hydrogens is 426 g/mol. The Morgan fingerprint density at radius 2 is 1.94 bits per heavy atom. The molecule has 3 heterocycles. The molecule has 5 rings (SSSR count). The molecule has 0 atom stereocenters. The van der Waals surface area contributed by atoms with Gasteiger partial charge in [0.05, 0.1) is 6.54 Å². The van der Waals surface area contributed by atoms with Gasteiger partial charge in [0.1, 0.15) is 11.3 Å². The van der Waals surface area contributed by atoms with E-state index in [1.54, 1.807) is 0 Å². The number of carbonyl (C=O) groups is 1. The molecule has 32 heavy (non-hydrogen) atoms. The highest BCUT2D eigenvalue weighted by Gasteiger charge is 2.22. The van der Waals surface area contributed by atoms with Crippen LogP contribution in [0, 0.1) is 12.8 Å². The SMILES string of the molecule is Cc1cc(NC(=O)C2CCOCC2)nn1Cc1cc(Cl)cc2cc(-c3ccccc3)oc12. The molecule has 2 aromatic heterocycles. The Morgan fingerprint density at radius 1 is 1.16 bits per heavy atom. The van der Waals surface area contributed by atoms with Crippen LogP contribution >= 0.6 is 11.6 Å². The van der Waals surface area contributed by atoms with Crippen molar-refractivity contribution in [3.63, 3.8) is 0 Å². The number of halogens is 1. The maximum atomic E-state index is 12.6. The predicted molar refractivity (Wildman–Crippen MR) is 125 cm³/mol. The number of nitrogens with zero attached hydrogens (tertiary/aromatic N) is 2. The molecule has 0 radical (unpaired) electrons. The molecule has 7 heteroatoms. The van der Waals surface area contributed by atoms with Crippen LogP contribution in [0.1, 0.15) is 24.1 Å². The normalized spacial score (nSPS) is 14.7. The van der Waals surface area contributed by atoms with Crippen molar-refractivity contribution >= 4 is 34.3 Å². The van der Waals surface area contributed by atoms with E-state index in [0.29, 0.717) is 30.6 Å². The second kappa shape index (κ2) is 8.81. The zero-order valence-electron chi connectivity index (χ0n) is 17.8. The molecule has 1 aliphatic rings. The van der Waals surface area contributed by atoms with Crippen LogP contribution in [0.3, 0.4) is 0 Å². The monoisotopic (exact) mass is 449 g/mol. The number of amides is 1. The standard InChI is InChI=1S/C25H24ClN3O3/c1-16-11-23(27-25(30)18-7-9-31-10-8-18)28-29(16)15-20-13-21(26)12-19-14-22(32-24(19)20)17-5-3-2-4-6-17/h2-6,11-14,18H,7-10,15H2,1H3,(H,27,28,30). The lowest BCUT2D eigenvalue weighted by molar-refractivity contribution is -0.122. The van der Waals surface area contributed by atoms with Gasteiger partial charge in [0.2, 0.25) is 5.91 Å². The minimum Gasteiger partial charge on any atom is -0.456 e. The first-order valence-corrected chi connectivity index (χ1v) is 11.1. The summed E-state index contributed by atoms with van der Waals surface area (Å²) in [6.07, 6.45) is 1.49. The highest BCUT2D eigenvalue weighted by atomic mass is 35.5. The highest BCUT2D eigenvalue weighted by Crippen LogP contribution is 2.33. The van der Waals surface area contributed by atoms with Crippen LogP contribution in [-0.2, 0) is 16.1 Å². The van der Waals surface area contributed by atoms with Crippen molar-refractivity contribution in [3.05, 3.63) is 70.9 Å². The van der Waals surface area contributed by atoms with E-state index in [4.69, 9.17) is 20.8 Å². The third kappa shape index (κ3) is 4.29. The van der Waals surface area contributed by atoms with Gasteiger partial charge in [-0.15, -0.1) is 0 Å². The van der Waals surface area contributed by atoms with Crippen LogP contribution in [0.4, 0.5) is 5.82 Å². The molecule has 6 nitrogen and oxygen atoms in total. The van der Waals surface area contributed by atoms with Crippen molar-refractivity contribution in [3.8, 4) is 11.3 Å². The molecule has 1 aliphatic heterocycles. The Hall–Kier alpha value is -3.09. The number of furan rings is 1. The molecule has 4 aromatic rings. The number of hydrogen-bond acceptors (Lipinski definition) is 4. The van der Waals surface area contributed by atoms with Crippen LogP contribution in [0.15, 0.2) is 59.0 Å². The lowest BCUT2D eigenvalue weighted by atomic mass is 9.99. The van der Waals surface area contributed by atoms with Crippen molar-refractivity contribution in [2.75, 3.05) is 18.5 Å². The first-order valence-electron chi connectivity index (χ1n) is 10.8. The van der Waals surface area contributed by atoms with Gasteiger partial charge in [-0.2, -0.15) is 5.10 Å².